The third kappa shape index (κ3) is 3.54. The van der Waals surface area contributed by atoms with Crippen LogP contribution in [-0.2, 0) is 9.84 Å². The van der Waals surface area contributed by atoms with Crippen molar-refractivity contribution in [3.05, 3.63) is 54.1 Å². The SMILES string of the molecule is CS(=O)(=O)c1ccc(-c2ccc(C(=O)C(F)(F)F)cc2)cc1. The van der Waals surface area contributed by atoms with Crippen molar-refractivity contribution in [3.8, 4) is 11.1 Å². The Morgan fingerprint density at radius 1 is 0.864 bits per heavy atom. The van der Waals surface area contributed by atoms with Gasteiger partial charge in [-0.1, -0.05) is 36.4 Å². The van der Waals surface area contributed by atoms with E-state index in [1.165, 1.54) is 24.3 Å². The first kappa shape index (κ1) is 16.2. The molecule has 0 radical (unpaired) electrons. The van der Waals surface area contributed by atoms with Crippen molar-refractivity contribution < 1.29 is 26.4 Å². The van der Waals surface area contributed by atoms with Gasteiger partial charge in [-0.15, -0.1) is 0 Å². The van der Waals surface area contributed by atoms with Gasteiger partial charge in [0.2, 0.25) is 0 Å². The van der Waals surface area contributed by atoms with E-state index in [2.05, 4.69) is 0 Å². The molecule has 2 rings (SSSR count). The molecule has 0 aromatic heterocycles. The molecule has 22 heavy (non-hydrogen) atoms. The molecule has 0 aliphatic carbocycles. The molecular formula is C15H11F3O3S. The Morgan fingerprint density at radius 3 is 1.64 bits per heavy atom. The molecule has 0 amide bonds. The second-order valence-corrected chi connectivity index (χ2v) is 6.72. The summed E-state index contributed by atoms with van der Waals surface area (Å²) in [5, 5.41) is 0. The van der Waals surface area contributed by atoms with Crippen LogP contribution >= 0.6 is 0 Å². The molecule has 116 valence electrons. The number of hydrogen-bond acceptors (Lipinski definition) is 3. The number of hydrogen-bond donors (Lipinski definition) is 0. The highest BCUT2D eigenvalue weighted by Crippen LogP contribution is 2.25. The maximum atomic E-state index is 12.3. The molecule has 0 heterocycles. The highest BCUT2D eigenvalue weighted by atomic mass is 32.2. The molecule has 0 N–H and O–H groups in total. The minimum Gasteiger partial charge on any atom is -0.284 e. The zero-order valence-corrected chi connectivity index (χ0v) is 12.2. The van der Waals surface area contributed by atoms with Gasteiger partial charge in [0.05, 0.1) is 4.90 Å². The lowest BCUT2D eigenvalue weighted by atomic mass is 10.0. The second kappa shape index (κ2) is 5.57. The van der Waals surface area contributed by atoms with Crippen molar-refractivity contribution in [3.63, 3.8) is 0 Å². The first-order valence-corrected chi connectivity index (χ1v) is 8.00. The number of sulfone groups is 1. The van der Waals surface area contributed by atoms with Crippen LogP contribution in [0.1, 0.15) is 10.4 Å². The van der Waals surface area contributed by atoms with Crippen molar-refractivity contribution in [2.24, 2.45) is 0 Å². The molecule has 0 bridgehead atoms. The molecule has 0 atom stereocenters. The van der Waals surface area contributed by atoms with E-state index in [0.29, 0.717) is 11.1 Å². The van der Waals surface area contributed by atoms with E-state index in [1.54, 1.807) is 12.1 Å². The monoisotopic (exact) mass is 328 g/mol. The number of carbonyl (C=O) groups excluding carboxylic acids is 1. The van der Waals surface area contributed by atoms with Gasteiger partial charge in [0.25, 0.3) is 5.78 Å². The lowest BCUT2D eigenvalue weighted by Crippen LogP contribution is -2.22. The molecule has 3 nitrogen and oxygen atoms in total. The summed E-state index contributed by atoms with van der Waals surface area (Å²) in [5.74, 6) is -1.90. The van der Waals surface area contributed by atoms with Crippen molar-refractivity contribution in [2.45, 2.75) is 11.1 Å². The van der Waals surface area contributed by atoms with Gasteiger partial charge in [-0.25, -0.2) is 8.42 Å². The third-order valence-corrected chi connectivity index (χ3v) is 4.15. The summed E-state index contributed by atoms with van der Waals surface area (Å²) < 4.78 is 59.6. The van der Waals surface area contributed by atoms with Crippen LogP contribution in [0.4, 0.5) is 13.2 Å². The van der Waals surface area contributed by atoms with Gasteiger partial charge in [0.15, 0.2) is 9.84 Å². The Labute approximate surface area is 125 Å². The fourth-order valence-electron chi connectivity index (χ4n) is 1.87. The van der Waals surface area contributed by atoms with E-state index in [1.807, 2.05) is 0 Å². The summed E-state index contributed by atoms with van der Waals surface area (Å²) in [6.45, 7) is 0. The smallest absolute Gasteiger partial charge is 0.284 e. The van der Waals surface area contributed by atoms with E-state index >= 15 is 0 Å². The van der Waals surface area contributed by atoms with Crippen LogP contribution < -0.4 is 0 Å². The topological polar surface area (TPSA) is 51.2 Å². The largest absolute Gasteiger partial charge is 0.454 e. The third-order valence-electron chi connectivity index (χ3n) is 3.02. The van der Waals surface area contributed by atoms with Gasteiger partial charge in [-0.05, 0) is 23.3 Å². The van der Waals surface area contributed by atoms with Crippen LogP contribution in [0.5, 0.6) is 0 Å². The van der Waals surface area contributed by atoms with Gasteiger partial charge >= 0.3 is 6.18 Å². The predicted octanol–water partition coefficient (Wildman–Crippen LogP) is 3.50. The summed E-state index contributed by atoms with van der Waals surface area (Å²) >= 11 is 0. The van der Waals surface area contributed by atoms with Crippen LogP contribution in [-0.4, -0.2) is 26.6 Å². The van der Waals surface area contributed by atoms with Crippen LogP contribution in [0.3, 0.4) is 0 Å². The molecule has 0 spiro atoms. The Morgan fingerprint density at radius 2 is 1.27 bits per heavy atom. The van der Waals surface area contributed by atoms with E-state index in [9.17, 15) is 26.4 Å². The van der Waals surface area contributed by atoms with Gasteiger partial charge in [0.1, 0.15) is 0 Å². The number of halogens is 3. The average Bonchev–Trinajstić information content (AvgIpc) is 2.45. The Hall–Kier alpha value is -2.15. The van der Waals surface area contributed by atoms with Crippen LogP contribution in [0.2, 0.25) is 0 Å². The summed E-state index contributed by atoms with van der Waals surface area (Å²) in [4.78, 5) is 11.2. The summed E-state index contributed by atoms with van der Waals surface area (Å²) in [7, 11) is -3.31. The maximum Gasteiger partial charge on any atom is 0.454 e. The van der Waals surface area contributed by atoms with Crippen LogP contribution in [0.25, 0.3) is 11.1 Å². The molecule has 0 aliphatic heterocycles. The molecule has 2 aromatic rings. The summed E-state index contributed by atoms with van der Waals surface area (Å²) in [6.07, 6.45) is -3.82. The number of carbonyl (C=O) groups is 1. The van der Waals surface area contributed by atoms with Crippen LogP contribution in [0.15, 0.2) is 53.4 Å². The molecule has 0 aliphatic rings. The van der Waals surface area contributed by atoms with Crippen molar-refractivity contribution in [1.29, 1.82) is 0 Å². The number of ketones is 1. The summed E-state index contributed by atoms with van der Waals surface area (Å²) in [6, 6.07) is 10.9. The lowest BCUT2D eigenvalue weighted by molar-refractivity contribution is -0.0885. The quantitative estimate of drug-likeness (QED) is 0.810. The van der Waals surface area contributed by atoms with E-state index in [0.717, 1.165) is 18.4 Å². The summed E-state index contributed by atoms with van der Waals surface area (Å²) in [5.41, 5.74) is 0.779. The van der Waals surface area contributed by atoms with Crippen LogP contribution in [0, 0.1) is 0 Å². The minimum absolute atomic E-state index is 0.153. The zero-order chi connectivity index (χ0) is 16.5. The first-order valence-electron chi connectivity index (χ1n) is 6.11. The fourth-order valence-corrected chi connectivity index (χ4v) is 2.50. The maximum absolute atomic E-state index is 12.3. The fraction of sp³-hybridized carbons (Fsp3) is 0.133. The predicted molar refractivity (Wildman–Crippen MR) is 75.4 cm³/mol. The highest BCUT2D eigenvalue weighted by molar-refractivity contribution is 7.90. The van der Waals surface area contributed by atoms with Gasteiger partial charge in [0, 0.05) is 11.8 Å². The standard InChI is InChI=1S/C15H11F3O3S/c1-22(20,21)13-8-6-11(7-9-13)10-2-4-12(5-3-10)14(19)15(16,17)18/h2-9H,1H3. The molecule has 0 fully saturated rings. The lowest BCUT2D eigenvalue weighted by Gasteiger charge is -2.07. The van der Waals surface area contributed by atoms with Crippen molar-refractivity contribution in [2.75, 3.05) is 6.26 Å². The van der Waals surface area contributed by atoms with E-state index < -0.39 is 27.4 Å². The number of alkyl halides is 3. The average molecular weight is 328 g/mol. The second-order valence-electron chi connectivity index (χ2n) is 4.70. The zero-order valence-electron chi connectivity index (χ0n) is 11.4. The van der Waals surface area contributed by atoms with Gasteiger partial charge in [-0.3, -0.25) is 4.79 Å². The first-order chi connectivity index (χ1) is 10.1. The van der Waals surface area contributed by atoms with E-state index in [-0.39, 0.29) is 4.90 Å². The van der Waals surface area contributed by atoms with Crippen molar-refractivity contribution >= 4 is 15.6 Å². The van der Waals surface area contributed by atoms with Crippen molar-refractivity contribution in [1.82, 2.24) is 0 Å². The molecule has 0 saturated heterocycles. The molecule has 7 heteroatoms. The normalized spacial score (nSPS) is 12.2. The molecule has 0 saturated carbocycles. The number of Topliss-reactive ketones (excluding diaryl/α,β-unsaturated/α-hetero) is 1. The van der Waals surface area contributed by atoms with Gasteiger partial charge < -0.3 is 0 Å². The highest BCUT2D eigenvalue weighted by Gasteiger charge is 2.39. The Bertz CT molecular complexity index is 789. The molecule has 0 unspecified atom stereocenters. The Kier molecular flexibility index (Phi) is 4.10. The molecular weight excluding hydrogens is 317 g/mol. The minimum atomic E-state index is -4.90. The molecule has 2 aromatic carbocycles. The van der Waals surface area contributed by atoms with Gasteiger partial charge in [-0.2, -0.15) is 13.2 Å². The number of rotatable bonds is 3. The number of benzene rings is 2. The Balaban J connectivity index is 2.30. The van der Waals surface area contributed by atoms with E-state index in [4.69, 9.17) is 0 Å².